The van der Waals surface area contributed by atoms with E-state index in [1.807, 2.05) is 0 Å². The van der Waals surface area contributed by atoms with E-state index in [-0.39, 0.29) is 10.5 Å². The van der Waals surface area contributed by atoms with Crippen LogP contribution in [0.15, 0.2) is 24.3 Å². The number of aromatic hydroxyl groups is 1. The van der Waals surface area contributed by atoms with Crippen molar-refractivity contribution in [1.29, 1.82) is 5.39 Å². The van der Waals surface area contributed by atoms with Crippen LogP contribution in [0.3, 0.4) is 0 Å². The molecule has 0 spiro atoms. The normalized spacial score (nSPS) is 7.50. The topological polar surface area (TPSA) is 48.4 Å². The molecule has 0 bridgehead atoms. The lowest BCUT2D eigenvalue weighted by Gasteiger charge is -1.81. The SMILES string of the molecule is N#[N+]c1cccc(O)c1.[F-]. The number of halogens is 1. The first kappa shape index (κ1) is 8.37. The van der Waals surface area contributed by atoms with E-state index in [9.17, 15) is 0 Å². The van der Waals surface area contributed by atoms with Gasteiger partial charge < -0.3 is 9.81 Å². The number of hydrogen-bond acceptors (Lipinski definition) is 2. The molecule has 1 rings (SSSR count). The second-order valence-corrected chi connectivity index (χ2v) is 1.62. The first-order valence-electron chi connectivity index (χ1n) is 2.47. The third-order valence-corrected chi connectivity index (χ3v) is 0.945. The van der Waals surface area contributed by atoms with Crippen LogP contribution in [0.25, 0.3) is 4.98 Å². The number of rotatable bonds is 0. The Hall–Kier alpha value is -1.63. The highest BCUT2D eigenvalue weighted by Crippen LogP contribution is 2.17. The van der Waals surface area contributed by atoms with Crippen molar-refractivity contribution in [3.05, 3.63) is 29.2 Å². The Morgan fingerprint density at radius 2 is 2.10 bits per heavy atom. The standard InChI is InChI=1S/C6H4N2O.FH/c7-8-5-2-1-3-6(9)4-5;/h1-4H;1H. The summed E-state index contributed by atoms with van der Waals surface area (Å²) in [6, 6.07) is 6.05. The van der Waals surface area contributed by atoms with Gasteiger partial charge in [-0.05, 0) is 6.07 Å². The van der Waals surface area contributed by atoms with E-state index in [1.54, 1.807) is 12.1 Å². The van der Waals surface area contributed by atoms with Gasteiger partial charge in [0.05, 0.1) is 6.07 Å². The Morgan fingerprint density at radius 1 is 1.40 bits per heavy atom. The minimum absolute atomic E-state index is 0. The Morgan fingerprint density at radius 3 is 2.50 bits per heavy atom. The fraction of sp³-hybridized carbons (Fsp3) is 0. The summed E-state index contributed by atoms with van der Waals surface area (Å²) in [7, 11) is 0. The number of nitrogens with zero attached hydrogens (tertiary/aromatic N) is 2. The van der Waals surface area contributed by atoms with Gasteiger partial charge >= 0.3 is 5.69 Å². The number of hydrogen-bond donors (Lipinski definition) is 1. The highest BCUT2D eigenvalue weighted by Gasteiger charge is 2.01. The van der Waals surface area contributed by atoms with Gasteiger partial charge in [0, 0.05) is 6.07 Å². The lowest BCUT2D eigenvalue weighted by atomic mass is 10.3. The zero-order valence-corrected chi connectivity index (χ0v) is 5.03. The van der Waals surface area contributed by atoms with Crippen LogP contribution in [0.1, 0.15) is 0 Å². The number of diazo groups is 1. The predicted octanol–water partition coefficient (Wildman–Crippen LogP) is -1.12. The first-order chi connectivity index (χ1) is 4.33. The van der Waals surface area contributed by atoms with E-state index in [2.05, 4.69) is 4.98 Å². The summed E-state index contributed by atoms with van der Waals surface area (Å²) in [4.78, 5) is 2.87. The minimum atomic E-state index is 0. The molecule has 0 aliphatic rings. The molecule has 0 aliphatic carbocycles. The van der Waals surface area contributed by atoms with Crippen molar-refractivity contribution in [1.82, 2.24) is 0 Å². The van der Waals surface area contributed by atoms with Crippen molar-refractivity contribution in [2.75, 3.05) is 0 Å². The molecule has 52 valence electrons. The first-order valence-corrected chi connectivity index (χ1v) is 2.47. The quantitative estimate of drug-likeness (QED) is 0.464. The van der Waals surface area contributed by atoms with Gasteiger partial charge in [-0.3, -0.25) is 0 Å². The van der Waals surface area contributed by atoms with E-state index >= 15 is 0 Å². The number of phenolic OH excluding ortho intramolecular Hbond substituents is 1. The molecular weight excluding hydrogens is 135 g/mol. The van der Waals surface area contributed by atoms with Crippen LogP contribution in [0.5, 0.6) is 5.75 Å². The zero-order valence-electron chi connectivity index (χ0n) is 5.03. The smallest absolute Gasteiger partial charge is 0.388 e. The molecule has 1 aromatic carbocycles. The van der Waals surface area contributed by atoms with Crippen molar-refractivity contribution >= 4 is 5.69 Å². The maximum absolute atomic E-state index is 8.77. The fourth-order valence-electron chi connectivity index (χ4n) is 0.555. The maximum atomic E-state index is 8.77. The molecule has 0 aromatic heterocycles. The van der Waals surface area contributed by atoms with Gasteiger partial charge in [0.2, 0.25) is 5.39 Å². The highest BCUT2D eigenvalue weighted by molar-refractivity contribution is 5.47. The molecule has 0 fully saturated rings. The minimum Gasteiger partial charge on any atom is -1.00 e. The predicted molar refractivity (Wildman–Crippen MR) is 32.9 cm³/mol. The van der Waals surface area contributed by atoms with Gasteiger partial charge in [0.1, 0.15) is 5.75 Å². The van der Waals surface area contributed by atoms with Gasteiger partial charge in [0.25, 0.3) is 0 Å². The molecule has 1 aromatic rings. The van der Waals surface area contributed by atoms with Crippen LogP contribution in [-0.4, -0.2) is 5.11 Å². The van der Waals surface area contributed by atoms with E-state index in [0.717, 1.165) is 0 Å². The lowest BCUT2D eigenvalue weighted by Crippen LogP contribution is -3.00. The third kappa shape index (κ3) is 1.71. The van der Waals surface area contributed by atoms with Gasteiger partial charge in [-0.1, -0.05) is 6.07 Å². The van der Waals surface area contributed by atoms with Crippen LogP contribution in [0.4, 0.5) is 5.69 Å². The van der Waals surface area contributed by atoms with Crippen molar-refractivity contribution in [3.63, 3.8) is 0 Å². The molecule has 1 N–H and O–H groups in total. The van der Waals surface area contributed by atoms with Crippen molar-refractivity contribution in [2.45, 2.75) is 0 Å². The van der Waals surface area contributed by atoms with Crippen LogP contribution in [0.2, 0.25) is 0 Å². The molecule has 0 saturated carbocycles. The van der Waals surface area contributed by atoms with Crippen molar-refractivity contribution in [2.24, 2.45) is 0 Å². The maximum Gasteiger partial charge on any atom is 0.388 e. The molecule has 4 heteroatoms. The highest BCUT2D eigenvalue weighted by atomic mass is 19.0. The average molecular weight is 140 g/mol. The van der Waals surface area contributed by atoms with E-state index in [1.165, 1.54) is 12.1 Å². The summed E-state index contributed by atoms with van der Waals surface area (Å²) < 4.78 is 0. The second-order valence-electron chi connectivity index (χ2n) is 1.62. The summed E-state index contributed by atoms with van der Waals surface area (Å²) in [5.74, 6) is 0.102. The molecule has 10 heavy (non-hydrogen) atoms. The van der Waals surface area contributed by atoms with Crippen LogP contribution >= 0.6 is 0 Å². The number of benzene rings is 1. The Bertz CT molecular complexity index is 256. The van der Waals surface area contributed by atoms with E-state index < -0.39 is 0 Å². The molecular formula is C6H5FN2O. The van der Waals surface area contributed by atoms with Crippen LogP contribution in [-0.2, 0) is 0 Å². The molecule has 0 saturated heterocycles. The van der Waals surface area contributed by atoms with Gasteiger partial charge in [-0.25, -0.2) is 0 Å². The monoisotopic (exact) mass is 140 g/mol. The summed E-state index contributed by atoms with van der Waals surface area (Å²) in [5, 5.41) is 16.9. The summed E-state index contributed by atoms with van der Waals surface area (Å²) >= 11 is 0. The van der Waals surface area contributed by atoms with Gasteiger partial charge in [-0.2, -0.15) is 0 Å². The molecule has 3 nitrogen and oxygen atoms in total. The Balaban J connectivity index is 0.000000810. The van der Waals surface area contributed by atoms with Crippen LogP contribution < -0.4 is 4.70 Å². The van der Waals surface area contributed by atoms with Crippen molar-refractivity contribution in [3.8, 4) is 5.75 Å². The number of phenols is 1. The summed E-state index contributed by atoms with van der Waals surface area (Å²) in [6.07, 6.45) is 0. The molecule has 0 atom stereocenters. The molecule has 0 unspecified atom stereocenters. The summed E-state index contributed by atoms with van der Waals surface area (Å²) in [6.45, 7) is 0. The largest absolute Gasteiger partial charge is 1.00 e. The molecule has 0 aliphatic heterocycles. The molecule has 0 amide bonds. The van der Waals surface area contributed by atoms with E-state index in [4.69, 9.17) is 10.5 Å². The van der Waals surface area contributed by atoms with E-state index in [0.29, 0.717) is 5.69 Å². The molecule has 0 heterocycles. The second kappa shape index (κ2) is 3.41. The van der Waals surface area contributed by atoms with Crippen molar-refractivity contribution < 1.29 is 9.81 Å². The van der Waals surface area contributed by atoms with Gasteiger partial charge in [0.15, 0.2) is 4.98 Å². The Kier molecular flexibility index (Phi) is 2.85. The fourth-order valence-corrected chi connectivity index (χ4v) is 0.555. The summed E-state index contributed by atoms with van der Waals surface area (Å²) in [5.41, 5.74) is 0.356. The van der Waals surface area contributed by atoms with Crippen LogP contribution in [0, 0.1) is 5.39 Å². The third-order valence-electron chi connectivity index (χ3n) is 0.945. The Labute approximate surface area is 56.9 Å². The lowest BCUT2D eigenvalue weighted by molar-refractivity contribution is -0.00000313. The average Bonchev–Trinajstić information content (AvgIpc) is 1.88. The molecule has 0 radical (unpaired) electrons. The zero-order chi connectivity index (χ0) is 6.69. The van der Waals surface area contributed by atoms with Gasteiger partial charge in [-0.15, -0.1) is 0 Å².